The highest BCUT2D eigenvalue weighted by molar-refractivity contribution is 6.30. The van der Waals surface area contributed by atoms with Gasteiger partial charge in [-0.1, -0.05) is 23.7 Å². The van der Waals surface area contributed by atoms with Gasteiger partial charge in [0.05, 0.1) is 18.4 Å². The first-order valence-electron chi connectivity index (χ1n) is 8.85. The molecule has 1 aromatic carbocycles. The largest absolute Gasteiger partial charge is 0.487 e. The van der Waals surface area contributed by atoms with Crippen molar-refractivity contribution in [2.45, 2.75) is 25.5 Å². The smallest absolute Gasteiger partial charge is 0.138 e. The van der Waals surface area contributed by atoms with Crippen LogP contribution in [-0.4, -0.2) is 27.9 Å². The Bertz CT molecular complexity index is 856. The third-order valence-electron chi connectivity index (χ3n) is 4.65. The summed E-state index contributed by atoms with van der Waals surface area (Å²) in [5.41, 5.74) is 3.14. The van der Waals surface area contributed by atoms with Crippen LogP contribution in [0.5, 0.6) is 5.75 Å². The molecule has 1 N–H and O–H groups in total. The molecule has 4 rings (SSSR count). The Hall–Kier alpha value is -2.37. The monoisotopic (exact) mass is 368 g/mol. The Balaban J connectivity index is 1.45. The minimum atomic E-state index is 0.474. The Morgan fingerprint density at radius 3 is 2.69 bits per heavy atom. The van der Waals surface area contributed by atoms with Gasteiger partial charge in [-0.3, -0.25) is 9.67 Å². The van der Waals surface area contributed by atoms with Crippen LogP contribution in [0.4, 0.5) is 0 Å². The summed E-state index contributed by atoms with van der Waals surface area (Å²) in [6.45, 7) is 2.58. The van der Waals surface area contributed by atoms with Gasteiger partial charge in [0.2, 0.25) is 0 Å². The van der Waals surface area contributed by atoms with E-state index in [4.69, 9.17) is 16.3 Å². The molecule has 6 heteroatoms. The van der Waals surface area contributed by atoms with Crippen LogP contribution in [0.15, 0.2) is 55.1 Å². The molecular formula is C20H21ClN4O. The van der Waals surface area contributed by atoms with Gasteiger partial charge in [-0.05, 0) is 49.7 Å². The van der Waals surface area contributed by atoms with Crippen molar-refractivity contribution >= 4 is 11.6 Å². The third kappa shape index (κ3) is 4.06. The maximum absolute atomic E-state index is 5.91. The molecule has 0 bridgehead atoms. The summed E-state index contributed by atoms with van der Waals surface area (Å²) in [5.74, 6) is 0.743. The number of pyridine rings is 1. The molecule has 0 amide bonds. The van der Waals surface area contributed by atoms with Gasteiger partial charge < -0.3 is 10.1 Å². The summed E-state index contributed by atoms with van der Waals surface area (Å²) in [6, 6.07) is 10.1. The van der Waals surface area contributed by atoms with Gasteiger partial charge in [-0.2, -0.15) is 5.10 Å². The van der Waals surface area contributed by atoms with Gasteiger partial charge in [-0.25, -0.2) is 0 Å². The Labute approximate surface area is 158 Å². The minimum Gasteiger partial charge on any atom is -0.487 e. The van der Waals surface area contributed by atoms with Crippen molar-refractivity contribution in [2.24, 2.45) is 0 Å². The fourth-order valence-electron chi connectivity index (χ4n) is 3.16. The van der Waals surface area contributed by atoms with Gasteiger partial charge in [0, 0.05) is 28.5 Å². The summed E-state index contributed by atoms with van der Waals surface area (Å²) in [5, 5.41) is 8.67. The number of benzene rings is 1. The molecule has 5 nitrogen and oxygen atoms in total. The molecule has 0 unspecified atom stereocenters. The maximum atomic E-state index is 5.91. The van der Waals surface area contributed by atoms with Gasteiger partial charge in [-0.15, -0.1) is 0 Å². The quantitative estimate of drug-likeness (QED) is 0.736. The number of ether oxygens (including phenoxy) is 1. The normalized spacial score (nSPS) is 15.1. The summed E-state index contributed by atoms with van der Waals surface area (Å²) in [6.07, 6.45) is 9.82. The fourth-order valence-corrected chi connectivity index (χ4v) is 3.29. The van der Waals surface area contributed by atoms with Crippen LogP contribution >= 0.6 is 11.6 Å². The lowest BCUT2D eigenvalue weighted by molar-refractivity contribution is 0.305. The van der Waals surface area contributed by atoms with Crippen LogP contribution in [0.25, 0.3) is 11.1 Å². The van der Waals surface area contributed by atoms with Crippen molar-refractivity contribution in [1.82, 2.24) is 20.1 Å². The Morgan fingerprint density at radius 1 is 1.08 bits per heavy atom. The number of rotatable bonds is 5. The highest BCUT2D eigenvalue weighted by Gasteiger charge is 2.16. The van der Waals surface area contributed by atoms with Crippen LogP contribution in [0.1, 0.15) is 24.4 Å². The minimum absolute atomic E-state index is 0.474. The predicted octanol–water partition coefficient (Wildman–Crippen LogP) is 4.10. The van der Waals surface area contributed by atoms with E-state index in [2.05, 4.69) is 26.3 Å². The van der Waals surface area contributed by atoms with E-state index in [1.165, 1.54) is 0 Å². The topological polar surface area (TPSA) is 52.0 Å². The average Bonchev–Trinajstić information content (AvgIpc) is 3.19. The summed E-state index contributed by atoms with van der Waals surface area (Å²) in [7, 11) is 0. The lowest BCUT2D eigenvalue weighted by Crippen LogP contribution is -2.29. The molecule has 1 aliphatic heterocycles. The molecule has 0 aliphatic carbocycles. The van der Waals surface area contributed by atoms with Gasteiger partial charge >= 0.3 is 0 Å². The van der Waals surface area contributed by atoms with E-state index in [1.807, 2.05) is 42.7 Å². The lowest BCUT2D eigenvalue weighted by atomic mass is 10.1. The zero-order valence-electron chi connectivity index (χ0n) is 14.4. The van der Waals surface area contributed by atoms with E-state index in [1.54, 1.807) is 6.20 Å². The number of aromatic nitrogens is 3. The van der Waals surface area contributed by atoms with Crippen LogP contribution in [0.2, 0.25) is 5.02 Å². The van der Waals surface area contributed by atoms with Gasteiger partial charge in [0.15, 0.2) is 0 Å². The maximum Gasteiger partial charge on any atom is 0.138 e. The summed E-state index contributed by atoms with van der Waals surface area (Å²) < 4.78 is 7.96. The Kier molecular flexibility index (Phi) is 5.18. The molecule has 3 aromatic rings. The van der Waals surface area contributed by atoms with Crippen molar-refractivity contribution in [3.63, 3.8) is 0 Å². The van der Waals surface area contributed by atoms with Crippen molar-refractivity contribution in [3.8, 4) is 16.9 Å². The molecule has 1 aliphatic rings. The first-order valence-corrected chi connectivity index (χ1v) is 9.23. The van der Waals surface area contributed by atoms with Gasteiger partial charge in [0.25, 0.3) is 0 Å². The van der Waals surface area contributed by atoms with Crippen molar-refractivity contribution in [3.05, 3.63) is 65.7 Å². The van der Waals surface area contributed by atoms with Crippen molar-refractivity contribution in [1.29, 1.82) is 0 Å². The first kappa shape index (κ1) is 17.1. The zero-order chi connectivity index (χ0) is 17.8. The Morgan fingerprint density at radius 2 is 1.88 bits per heavy atom. The first-order chi connectivity index (χ1) is 12.8. The highest BCUT2D eigenvalue weighted by Crippen LogP contribution is 2.25. The van der Waals surface area contributed by atoms with Gasteiger partial charge in [0.1, 0.15) is 12.4 Å². The molecule has 134 valence electrons. The number of nitrogens with one attached hydrogen (secondary N) is 1. The molecule has 0 atom stereocenters. The summed E-state index contributed by atoms with van der Waals surface area (Å²) in [4.78, 5) is 4.32. The molecule has 26 heavy (non-hydrogen) atoms. The second-order valence-corrected chi connectivity index (χ2v) is 6.95. The fraction of sp³-hybridized carbons (Fsp3) is 0.300. The third-order valence-corrected chi connectivity index (χ3v) is 4.90. The molecule has 0 spiro atoms. The number of piperidine rings is 1. The standard InChI is InChI=1S/C20H21ClN4O/c21-18-3-1-15(2-4-18)14-26-20-9-16(10-23-12-20)17-11-24-25(13-17)19-5-7-22-8-6-19/h1-4,9-13,19,22H,5-8,14H2. The molecule has 0 radical (unpaired) electrons. The predicted molar refractivity (Wildman–Crippen MR) is 102 cm³/mol. The van der Waals surface area contributed by atoms with E-state index in [-0.39, 0.29) is 0 Å². The lowest BCUT2D eigenvalue weighted by Gasteiger charge is -2.22. The number of hydrogen-bond acceptors (Lipinski definition) is 4. The summed E-state index contributed by atoms with van der Waals surface area (Å²) >= 11 is 5.91. The van der Waals surface area contributed by atoms with E-state index in [0.29, 0.717) is 12.6 Å². The van der Waals surface area contributed by atoms with E-state index < -0.39 is 0 Å². The molecule has 0 saturated carbocycles. The zero-order valence-corrected chi connectivity index (χ0v) is 15.2. The van der Waals surface area contributed by atoms with Crippen molar-refractivity contribution in [2.75, 3.05) is 13.1 Å². The molecule has 2 aromatic heterocycles. The van der Waals surface area contributed by atoms with E-state index >= 15 is 0 Å². The number of halogens is 1. The van der Waals surface area contributed by atoms with Crippen LogP contribution in [0.3, 0.4) is 0 Å². The van der Waals surface area contributed by atoms with Crippen molar-refractivity contribution < 1.29 is 4.74 Å². The number of nitrogens with zero attached hydrogens (tertiary/aromatic N) is 3. The van der Waals surface area contributed by atoms with E-state index in [9.17, 15) is 0 Å². The van der Waals surface area contributed by atoms with Crippen LogP contribution < -0.4 is 10.1 Å². The average molecular weight is 369 g/mol. The molecule has 1 saturated heterocycles. The highest BCUT2D eigenvalue weighted by atomic mass is 35.5. The second-order valence-electron chi connectivity index (χ2n) is 6.51. The van der Waals surface area contributed by atoms with Crippen LogP contribution in [0, 0.1) is 0 Å². The molecular weight excluding hydrogens is 348 g/mol. The van der Waals surface area contributed by atoms with Crippen LogP contribution in [-0.2, 0) is 6.61 Å². The second kappa shape index (κ2) is 7.89. The van der Waals surface area contributed by atoms with E-state index in [0.717, 1.165) is 53.4 Å². The number of hydrogen-bond donors (Lipinski definition) is 1. The SMILES string of the molecule is Clc1ccc(COc2cncc(-c3cnn(C4CCNCC4)c3)c2)cc1. The molecule has 1 fully saturated rings. The molecule has 3 heterocycles.